The molecule has 15 heavy (non-hydrogen) atoms. The standard InChI is InChI=1S/C8H6N2.C3H3NO/c1-2-4-8-7(3-1)5-9-6-10-8;1-2-5-3-4-1/h1-6H;1-3H. The molecular weight excluding hydrogens is 190 g/mol. The molecule has 0 radical (unpaired) electrons. The van der Waals surface area contributed by atoms with E-state index in [0.29, 0.717) is 0 Å². The summed E-state index contributed by atoms with van der Waals surface area (Å²) in [6, 6.07) is 7.91. The molecule has 0 unspecified atom stereocenters. The SMILES string of the molecule is c1ccc2ncncc2c1.c1cocn1. The van der Waals surface area contributed by atoms with Gasteiger partial charge in [0, 0.05) is 11.6 Å². The van der Waals surface area contributed by atoms with Crippen LogP contribution in [0.4, 0.5) is 0 Å². The average Bonchev–Trinajstić information content (AvgIpc) is 2.88. The molecule has 4 nitrogen and oxygen atoms in total. The van der Waals surface area contributed by atoms with E-state index < -0.39 is 0 Å². The van der Waals surface area contributed by atoms with E-state index in [4.69, 9.17) is 0 Å². The second kappa shape index (κ2) is 4.85. The van der Waals surface area contributed by atoms with Gasteiger partial charge in [-0.2, -0.15) is 0 Å². The van der Waals surface area contributed by atoms with Crippen LogP contribution >= 0.6 is 0 Å². The summed E-state index contributed by atoms with van der Waals surface area (Å²) >= 11 is 0. The molecule has 3 rings (SSSR count). The smallest absolute Gasteiger partial charge is 0.180 e. The number of oxazole rings is 1. The summed E-state index contributed by atoms with van der Waals surface area (Å²) in [4.78, 5) is 11.5. The molecule has 1 aromatic carbocycles. The van der Waals surface area contributed by atoms with Gasteiger partial charge in [-0.15, -0.1) is 0 Å². The molecule has 0 aliphatic heterocycles. The minimum Gasteiger partial charge on any atom is -0.452 e. The molecule has 0 aliphatic rings. The first-order valence-corrected chi connectivity index (χ1v) is 4.44. The van der Waals surface area contributed by atoms with Gasteiger partial charge in [0.2, 0.25) is 0 Å². The fraction of sp³-hybridized carbons (Fsp3) is 0. The molecule has 74 valence electrons. The van der Waals surface area contributed by atoms with Crippen molar-refractivity contribution in [1.29, 1.82) is 0 Å². The van der Waals surface area contributed by atoms with Gasteiger partial charge >= 0.3 is 0 Å². The van der Waals surface area contributed by atoms with Gasteiger partial charge in [0.15, 0.2) is 6.39 Å². The lowest BCUT2D eigenvalue weighted by molar-refractivity contribution is 0.558. The van der Waals surface area contributed by atoms with Crippen LogP contribution in [0.2, 0.25) is 0 Å². The first-order chi connectivity index (χ1) is 7.47. The summed E-state index contributed by atoms with van der Waals surface area (Å²) in [5, 5.41) is 1.09. The third-order valence-electron chi connectivity index (χ3n) is 1.76. The fourth-order valence-corrected chi connectivity index (χ4v) is 1.10. The zero-order chi connectivity index (χ0) is 10.3. The van der Waals surface area contributed by atoms with Crippen LogP contribution in [0.5, 0.6) is 0 Å². The number of nitrogens with zero attached hydrogens (tertiary/aromatic N) is 3. The first-order valence-electron chi connectivity index (χ1n) is 4.44. The molecule has 0 saturated heterocycles. The number of hydrogen-bond acceptors (Lipinski definition) is 4. The van der Waals surface area contributed by atoms with Gasteiger partial charge in [-0.05, 0) is 6.07 Å². The quantitative estimate of drug-likeness (QED) is 0.557. The lowest BCUT2D eigenvalue weighted by Gasteiger charge is -1.90. The number of hydrogen-bond donors (Lipinski definition) is 0. The van der Waals surface area contributed by atoms with Crippen molar-refractivity contribution in [3.8, 4) is 0 Å². The van der Waals surface area contributed by atoms with E-state index in [2.05, 4.69) is 19.4 Å². The highest BCUT2D eigenvalue weighted by molar-refractivity contribution is 5.76. The predicted octanol–water partition coefficient (Wildman–Crippen LogP) is 2.30. The Morgan fingerprint density at radius 1 is 1.07 bits per heavy atom. The lowest BCUT2D eigenvalue weighted by atomic mass is 10.2. The highest BCUT2D eigenvalue weighted by Gasteiger charge is 1.87. The lowest BCUT2D eigenvalue weighted by Crippen LogP contribution is -1.77. The average molecular weight is 199 g/mol. The minimum atomic E-state index is 0.998. The summed E-state index contributed by atoms with van der Waals surface area (Å²) in [6.07, 6.45) is 7.84. The number of aromatic nitrogens is 3. The van der Waals surface area contributed by atoms with Gasteiger partial charge in [0.1, 0.15) is 12.6 Å². The van der Waals surface area contributed by atoms with Crippen molar-refractivity contribution in [2.75, 3.05) is 0 Å². The van der Waals surface area contributed by atoms with Gasteiger partial charge in [0.25, 0.3) is 0 Å². The molecule has 0 saturated carbocycles. The number of para-hydroxylation sites is 1. The Labute approximate surface area is 86.6 Å². The molecule has 0 bridgehead atoms. The van der Waals surface area contributed by atoms with Crippen molar-refractivity contribution in [3.63, 3.8) is 0 Å². The van der Waals surface area contributed by atoms with Crippen molar-refractivity contribution in [1.82, 2.24) is 15.0 Å². The molecule has 3 aromatic rings. The molecular formula is C11H9N3O. The van der Waals surface area contributed by atoms with E-state index in [-0.39, 0.29) is 0 Å². The summed E-state index contributed by atoms with van der Waals surface area (Å²) in [7, 11) is 0. The first kappa shape index (κ1) is 9.33. The molecule has 2 heterocycles. The maximum Gasteiger partial charge on any atom is 0.180 e. The zero-order valence-electron chi connectivity index (χ0n) is 7.95. The van der Waals surface area contributed by atoms with Crippen molar-refractivity contribution >= 4 is 10.9 Å². The van der Waals surface area contributed by atoms with Crippen molar-refractivity contribution in [3.05, 3.63) is 55.6 Å². The van der Waals surface area contributed by atoms with Crippen LogP contribution < -0.4 is 0 Å². The Morgan fingerprint density at radius 2 is 2.00 bits per heavy atom. The molecule has 0 aliphatic carbocycles. The molecule has 2 aromatic heterocycles. The monoisotopic (exact) mass is 199 g/mol. The Balaban J connectivity index is 0.000000144. The highest BCUT2D eigenvalue weighted by Crippen LogP contribution is 2.06. The topological polar surface area (TPSA) is 51.8 Å². The van der Waals surface area contributed by atoms with Gasteiger partial charge in [0.05, 0.1) is 11.7 Å². The molecule has 4 heteroatoms. The summed E-state index contributed by atoms with van der Waals surface area (Å²) in [5.41, 5.74) is 0.998. The zero-order valence-corrected chi connectivity index (χ0v) is 7.95. The van der Waals surface area contributed by atoms with Gasteiger partial charge in [-0.1, -0.05) is 18.2 Å². The minimum absolute atomic E-state index is 0.998. The largest absolute Gasteiger partial charge is 0.452 e. The van der Waals surface area contributed by atoms with E-state index in [9.17, 15) is 0 Å². The van der Waals surface area contributed by atoms with Crippen LogP contribution in [0.1, 0.15) is 0 Å². The van der Waals surface area contributed by atoms with Crippen molar-refractivity contribution < 1.29 is 4.42 Å². The maximum absolute atomic E-state index is 4.47. The number of rotatable bonds is 0. The predicted molar refractivity (Wildman–Crippen MR) is 56.0 cm³/mol. The summed E-state index contributed by atoms with van der Waals surface area (Å²) in [6.45, 7) is 0. The Hall–Kier alpha value is -2.23. The molecule has 0 N–H and O–H groups in total. The third kappa shape index (κ3) is 2.60. The van der Waals surface area contributed by atoms with Crippen LogP contribution in [0.15, 0.2) is 60.1 Å². The number of benzene rings is 1. The van der Waals surface area contributed by atoms with Crippen molar-refractivity contribution in [2.45, 2.75) is 0 Å². The molecule has 0 fully saturated rings. The Bertz CT molecular complexity index is 425. The number of fused-ring (bicyclic) bond motifs is 1. The normalized spacial score (nSPS) is 9.33. The Kier molecular flexibility index (Phi) is 3.02. The van der Waals surface area contributed by atoms with Crippen LogP contribution in [0, 0.1) is 0 Å². The maximum atomic E-state index is 4.47. The molecule has 0 atom stereocenters. The van der Waals surface area contributed by atoms with Crippen LogP contribution in [0.25, 0.3) is 10.9 Å². The third-order valence-corrected chi connectivity index (χ3v) is 1.76. The second-order valence-electron chi connectivity index (χ2n) is 2.76. The van der Waals surface area contributed by atoms with E-state index in [1.165, 1.54) is 12.7 Å². The van der Waals surface area contributed by atoms with Gasteiger partial charge in [-0.3, -0.25) is 0 Å². The molecule has 0 amide bonds. The summed E-state index contributed by atoms with van der Waals surface area (Å²) in [5.74, 6) is 0. The van der Waals surface area contributed by atoms with Crippen LogP contribution in [-0.2, 0) is 0 Å². The van der Waals surface area contributed by atoms with E-state index in [1.54, 1.807) is 12.5 Å². The Morgan fingerprint density at radius 3 is 2.67 bits per heavy atom. The van der Waals surface area contributed by atoms with Crippen LogP contribution in [-0.4, -0.2) is 15.0 Å². The fourth-order valence-electron chi connectivity index (χ4n) is 1.10. The van der Waals surface area contributed by atoms with Gasteiger partial charge < -0.3 is 4.42 Å². The van der Waals surface area contributed by atoms with Crippen molar-refractivity contribution in [2.24, 2.45) is 0 Å². The summed E-state index contributed by atoms with van der Waals surface area (Å²) < 4.78 is 4.47. The van der Waals surface area contributed by atoms with E-state index in [0.717, 1.165) is 10.9 Å². The van der Waals surface area contributed by atoms with Crippen LogP contribution in [0.3, 0.4) is 0 Å². The second-order valence-corrected chi connectivity index (χ2v) is 2.76. The molecule has 0 spiro atoms. The van der Waals surface area contributed by atoms with E-state index >= 15 is 0 Å². The van der Waals surface area contributed by atoms with E-state index in [1.807, 2.05) is 30.5 Å². The highest BCUT2D eigenvalue weighted by atomic mass is 16.3. The van der Waals surface area contributed by atoms with Gasteiger partial charge in [-0.25, -0.2) is 15.0 Å².